The van der Waals surface area contributed by atoms with Crippen LogP contribution in [0, 0.1) is 0 Å². The van der Waals surface area contributed by atoms with Gasteiger partial charge in [0.25, 0.3) is 5.91 Å². The summed E-state index contributed by atoms with van der Waals surface area (Å²) < 4.78 is 0. The van der Waals surface area contributed by atoms with Crippen LogP contribution in [0.1, 0.15) is 136 Å². The van der Waals surface area contributed by atoms with Gasteiger partial charge >= 0.3 is 0 Å². The predicted molar refractivity (Wildman–Crippen MR) is 141 cm³/mol. The van der Waals surface area contributed by atoms with Gasteiger partial charge in [0.2, 0.25) is 0 Å². The quantitative estimate of drug-likeness (QED) is 0.124. The van der Waals surface area contributed by atoms with Gasteiger partial charge in [0.05, 0.1) is 18.5 Å². The molecule has 0 aliphatic rings. The lowest BCUT2D eigenvalue weighted by Crippen LogP contribution is -2.27. The third-order valence-corrected chi connectivity index (χ3v) is 11.5. The predicted octanol–water partition coefficient (Wildman–Crippen LogP) is 8.83. The van der Waals surface area contributed by atoms with Gasteiger partial charge in [-0.15, -0.1) is 0 Å². The Bertz CT molecular complexity index is 331. The second-order valence-electron chi connectivity index (χ2n) is 9.65. The van der Waals surface area contributed by atoms with Crippen molar-refractivity contribution in [3.8, 4) is 0 Å². The molecule has 180 valence electrons. The van der Waals surface area contributed by atoms with Crippen LogP contribution in [0.4, 0.5) is 0 Å². The standard InChI is InChI=1S/C27H56NOP/c1-5-8-11-14-17-20-23-30(26-27(29)28-4,24-21-18-15-12-9-6-2)25-22-19-16-13-10-7-3/h5-26H2,1-4H3/p+1. The average Bonchev–Trinajstić information content (AvgIpc) is 2.75. The van der Waals surface area contributed by atoms with Crippen LogP contribution in [-0.2, 0) is 4.79 Å². The number of nitrogens with one attached hydrogen (secondary N) is 1. The first-order valence-corrected chi connectivity index (χ1v) is 16.2. The van der Waals surface area contributed by atoms with Gasteiger partial charge < -0.3 is 5.32 Å². The summed E-state index contributed by atoms with van der Waals surface area (Å²) in [5.41, 5.74) is 0. The Balaban J connectivity index is 4.72. The molecule has 1 amide bonds. The molecule has 0 aliphatic carbocycles. The molecular weight excluding hydrogens is 385 g/mol. The minimum Gasteiger partial charge on any atom is -0.356 e. The van der Waals surface area contributed by atoms with Gasteiger partial charge in [-0.05, 0) is 38.5 Å². The summed E-state index contributed by atoms with van der Waals surface area (Å²) in [6, 6.07) is 0. The normalized spacial score (nSPS) is 11.7. The molecule has 0 spiro atoms. The molecule has 30 heavy (non-hydrogen) atoms. The molecule has 0 heterocycles. The SMILES string of the molecule is CCCCCCCC[P+](CCCCCCCC)(CCCCCCCC)CC(=O)NC. The van der Waals surface area contributed by atoms with Crippen molar-refractivity contribution in [3.05, 3.63) is 0 Å². The number of hydrogen-bond donors (Lipinski definition) is 1. The third kappa shape index (κ3) is 17.6. The lowest BCUT2D eigenvalue weighted by molar-refractivity contribution is -0.118. The lowest BCUT2D eigenvalue weighted by Gasteiger charge is -2.27. The van der Waals surface area contributed by atoms with E-state index in [1.807, 2.05) is 7.05 Å². The number of carbonyl (C=O) groups is 1. The van der Waals surface area contributed by atoms with E-state index < -0.39 is 7.26 Å². The molecule has 0 rings (SSSR count). The molecular formula is C27H57NOP+. The van der Waals surface area contributed by atoms with Gasteiger partial charge in [-0.2, -0.15) is 0 Å². The zero-order chi connectivity index (χ0) is 22.3. The lowest BCUT2D eigenvalue weighted by atomic mass is 10.1. The Morgan fingerprint density at radius 2 is 0.833 bits per heavy atom. The molecule has 0 saturated carbocycles. The zero-order valence-corrected chi connectivity index (χ0v) is 22.3. The molecule has 0 atom stereocenters. The second kappa shape index (κ2) is 22.1. The Morgan fingerprint density at radius 3 is 1.13 bits per heavy atom. The van der Waals surface area contributed by atoms with Crippen molar-refractivity contribution in [2.45, 2.75) is 136 Å². The summed E-state index contributed by atoms with van der Waals surface area (Å²) in [5, 5.41) is 2.96. The average molecular weight is 443 g/mol. The van der Waals surface area contributed by atoms with Gasteiger partial charge in [0.1, 0.15) is 6.16 Å². The van der Waals surface area contributed by atoms with Gasteiger partial charge in [-0.25, -0.2) is 0 Å². The third-order valence-electron chi connectivity index (χ3n) is 6.72. The number of rotatable bonds is 23. The first-order chi connectivity index (χ1) is 14.6. The van der Waals surface area contributed by atoms with Crippen LogP contribution < -0.4 is 5.32 Å². The van der Waals surface area contributed by atoms with Crippen molar-refractivity contribution in [3.63, 3.8) is 0 Å². The number of carbonyl (C=O) groups excluding carboxylic acids is 1. The van der Waals surface area contributed by atoms with Crippen LogP contribution in [0.25, 0.3) is 0 Å². The van der Waals surface area contributed by atoms with E-state index in [2.05, 4.69) is 26.1 Å². The number of hydrogen-bond acceptors (Lipinski definition) is 1. The molecule has 0 aromatic rings. The minimum atomic E-state index is -1.15. The summed E-state index contributed by atoms with van der Waals surface area (Å²) >= 11 is 0. The maximum Gasteiger partial charge on any atom is 0.257 e. The van der Waals surface area contributed by atoms with Crippen LogP contribution in [0.2, 0.25) is 0 Å². The fraction of sp³-hybridized carbons (Fsp3) is 0.963. The summed E-state index contributed by atoms with van der Waals surface area (Å²) in [6.07, 6.45) is 29.7. The Labute approximate surface area is 191 Å². The maximum atomic E-state index is 12.5. The molecule has 0 saturated heterocycles. The van der Waals surface area contributed by atoms with Crippen LogP contribution in [0.15, 0.2) is 0 Å². The van der Waals surface area contributed by atoms with Gasteiger partial charge in [-0.1, -0.05) is 97.8 Å². The largest absolute Gasteiger partial charge is 0.356 e. The van der Waals surface area contributed by atoms with E-state index in [4.69, 9.17) is 0 Å². The van der Waals surface area contributed by atoms with Gasteiger partial charge in [0, 0.05) is 14.3 Å². The number of amides is 1. The zero-order valence-electron chi connectivity index (χ0n) is 21.4. The Kier molecular flexibility index (Phi) is 22.0. The van der Waals surface area contributed by atoms with Gasteiger partial charge in [-0.3, -0.25) is 4.79 Å². The Hall–Kier alpha value is -0.100. The first kappa shape index (κ1) is 29.9. The molecule has 0 aliphatic heterocycles. The first-order valence-electron chi connectivity index (χ1n) is 13.7. The van der Waals surface area contributed by atoms with Gasteiger partial charge in [0.15, 0.2) is 0 Å². The fourth-order valence-corrected chi connectivity index (χ4v) is 9.23. The smallest absolute Gasteiger partial charge is 0.257 e. The molecule has 0 aromatic carbocycles. The highest BCUT2D eigenvalue weighted by atomic mass is 31.2. The van der Waals surface area contributed by atoms with E-state index in [1.54, 1.807) is 0 Å². The summed E-state index contributed by atoms with van der Waals surface area (Å²) in [4.78, 5) is 12.5. The second-order valence-corrected chi connectivity index (χ2v) is 14.0. The van der Waals surface area contributed by atoms with Crippen LogP contribution >= 0.6 is 7.26 Å². The van der Waals surface area contributed by atoms with Crippen molar-refractivity contribution < 1.29 is 4.79 Å². The molecule has 0 bridgehead atoms. The van der Waals surface area contributed by atoms with E-state index in [0.29, 0.717) is 5.91 Å². The van der Waals surface area contributed by atoms with Crippen LogP contribution in [0.3, 0.4) is 0 Å². The molecule has 1 N–H and O–H groups in total. The molecule has 2 nitrogen and oxygen atoms in total. The topological polar surface area (TPSA) is 29.1 Å². The highest BCUT2D eigenvalue weighted by molar-refractivity contribution is 7.76. The van der Waals surface area contributed by atoms with Crippen LogP contribution in [-0.4, -0.2) is 37.6 Å². The highest BCUT2D eigenvalue weighted by Gasteiger charge is 2.37. The molecule has 0 unspecified atom stereocenters. The van der Waals surface area contributed by atoms with Crippen molar-refractivity contribution in [2.75, 3.05) is 31.7 Å². The van der Waals surface area contributed by atoms with Crippen molar-refractivity contribution >= 4 is 13.2 Å². The van der Waals surface area contributed by atoms with E-state index in [1.165, 1.54) is 134 Å². The van der Waals surface area contributed by atoms with Crippen molar-refractivity contribution in [1.82, 2.24) is 5.32 Å². The van der Waals surface area contributed by atoms with Crippen molar-refractivity contribution in [2.24, 2.45) is 0 Å². The van der Waals surface area contributed by atoms with E-state index in [-0.39, 0.29) is 0 Å². The number of unbranched alkanes of at least 4 members (excludes halogenated alkanes) is 15. The molecule has 3 heteroatoms. The molecule has 0 radical (unpaired) electrons. The Morgan fingerprint density at radius 1 is 0.533 bits per heavy atom. The minimum absolute atomic E-state index is 0.311. The summed E-state index contributed by atoms with van der Waals surface area (Å²) in [5.74, 6) is 0.311. The van der Waals surface area contributed by atoms with E-state index >= 15 is 0 Å². The molecule has 0 aromatic heterocycles. The van der Waals surface area contributed by atoms with Crippen LogP contribution in [0.5, 0.6) is 0 Å². The highest BCUT2D eigenvalue weighted by Crippen LogP contribution is 2.60. The summed E-state index contributed by atoms with van der Waals surface area (Å²) in [6.45, 7) is 6.88. The van der Waals surface area contributed by atoms with E-state index in [0.717, 1.165) is 6.16 Å². The maximum absolute atomic E-state index is 12.5. The van der Waals surface area contributed by atoms with Crippen molar-refractivity contribution in [1.29, 1.82) is 0 Å². The monoisotopic (exact) mass is 442 g/mol. The van der Waals surface area contributed by atoms with E-state index in [9.17, 15) is 4.79 Å². The molecule has 0 fully saturated rings. The summed E-state index contributed by atoms with van der Waals surface area (Å²) in [7, 11) is 0.683. The fourth-order valence-electron chi connectivity index (χ4n) is 4.64.